The fraction of sp³-hybridized carbons (Fsp3) is 0.143. The van der Waals surface area contributed by atoms with Crippen LogP contribution in [0, 0.1) is 20.8 Å². The first-order chi connectivity index (χ1) is 16.0. The van der Waals surface area contributed by atoms with Crippen LogP contribution in [0.15, 0.2) is 94.9 Å². The van der Waals surface area contributed by atoms with E-state index in [4.69, 9.17) is 0 Å². The number of rotatable bonds is 7. The van der Waals surface area contributed by atoms with Gasteiger partial charge < -0.3 is 4.57 Å². The lowest BCUT2D eigenvalue weighted by molar-refractivity contribution is 0.0955. The summed E-state index contributed by atoms with van der Waals surface area (Å²) >= 11 is 1.78. The van der Waals surface area contributed by atoms with Crippen LogP contribution in [0.3, 0.4) is 0 Å². The molecular formula is C28H27N3OS. The second-order valence-electron chi connectivity index (χ2n) is 8.00. The molecule has 166 valence electrons. The summed E-state index contributed by atoms with van der Waals surface area (Å²) in [6, 6.07) is 28.5. The third kappa shape index (κ3) is 5.62. The van der Waals surface area contributed by atoms with E-state index < -0.39 is 0 Å². The number of benzene rings is 3. The molecule has 3 aromatic carbocycles. The molecule has 0 unspecified atom stereocenters. The standard InChI is InChI=1S/C28H27N3OS/c1-20-9-15-26(16-10-20)31-21(2)17-25(22(31)3)18-29-30-28(32)24-13-11-23(12-14-24)19-33-27-7-5-4-6-8-27/h4-18H,19H2,1-3H3,(H,30,32)/b29-18+. The Morgan fingerprint density at radius 3 is 2.33 bits per heavy atom. The average molecular weight is 454 g/mol. The SMILES string of the molecule is Cc1ccc(-n2c(C)cc(/C=N/NC(=O)c3ccc(CSc4ccccc4)cc3)c2C)cc1. The molecule has 0 radical (unpaired) electrons. The summed E-state index contributed by atoms with van der Waals surface area (Å²) in [5.74, 6) is 0.640. The van der Waals surface area contributed by atoms with E-state index >= 15 is 0 Å². The number of thioether (sulfide) groups is 1. The normalized spacial score (nSPS) is 11.1. The highest BCUT2D eigenvalue weighted by molar-refractivity contribution is 7.98. The first kappa shape index (κ1) is 22.6. The van der Waals surface area contributed by atoms with Gasteiger partial charge in [0.2, 0.25) is 0 Å². The Bertz CT molecular complexity index is 1260. The highest BCUT2D eigenvalue weighted by atomic mass is 32.2. The van der Waals surface area contributed by atoms with E-state index in [9.17, 15) is 4.79 Å². The van der Waals surface area contributed by atoms with Crippen LogP contribution in [0.2, 0.25) is 0 Å². The first-order valence-corrected chi connectivity index (χ1v) is 11.9. The summed E-state index contributed by atoms with van der Waals surface area (Å²) in [5.41, 5.74) is 9.92. The molecule has 5 heteroatoms. The van der Waals surface area contributed by atoms with Gasteiger partial charge in [-0.1, -0.05) is 48.0 Å². The predicted molar refractivity (Wildman–Crippen MR) is 137 cm³/mol. The number of hydrogen-bond donors (Lipinski definition) is 1. The van der Waals surface area contributed by atoms with Gasteiger partial charge in [0.15, 0.2) is 0 Å². The molecule has 1 N–H and O–H groups in total. The van der Waals surface area contributed by atoms with E-state index in [0.29, 0.717) is 5.56 Å². The zero-order chi connectivity index (χ0) is 23.2. The molecule has 0 saturated heterocycles. The molecule has 4 rings (SSSR count). The maximum absolute atomic E-state index is 12.5. The van der Waals surface area contributed by atoms with Gasteiger partial charge in [-0.15, -0.1) is 11.8 Å². The fourth-order valence-corrected chi connectivity index (χ4v) is 4.55. The second-order valence-corrected chi connectivity index (χ2v) is 9.04. The van der Waals surface area contributed by atoms with Crippen molar-refractivity contribution in [3.63, 3.8) is 0 Å². The lowest BCUT2D eigenvalue weighted by Crippen LogP contribution is -2.17. The minimum atomic E-state index is -0.221. The summed E-state index contributed by atoms with van der Waals surface area (Å²) in [6.45, 7) is 6.21. The zero-order valence-corrected chi connectivity index (χ0v) is 19.9. The first-order valence-electron chi connectivity index (χ1n) is 10.9. The van der Waals surface area contributed by atoms with Gasteiger partial charge in [-0.25, -0.2) is 5.43 Å². The summed E-state index contributed by atoms with van der Waals surface area (Å²) in [4.78, 5) is 13.7. The maximum Gasteiger partial charge on any atom is 0.271 e. The van der Waals surface area contributed by atoms with Crippen molar-refractivity contribution in [2.75, 3.05) is 0 Å². The lowest BCUT2D eigenvalue weighted by atomic mass is 10.1. The van der Waals surface area contributed by atoms with E-state index in [1.807, 2.05) is 42.5 Å². The van der Waals surface area contributed by atoms with Crippen molar-refractivity contribution in [2.24, 2.45) is 5.10 Å². The van der Waals surface area contributed by atoms with Crippen molar-refractivity contribution in [1.82, 2.24) is 9.99 Å². The smallest absolute Gasteiger partial charge is 0.271 e. The molecule has 0 bridgehead atoms. The summed E-state index contributed by atoms with van der Waals surface area (Å²) in [6.07, 6.45) is 1.70. The Kier molecular flexibility index (Phi) is 7.10. The molecule has 1 aromatic heterocycles. The number of aromatic nitrogens is 1. The number of nitrogens with zero attached hydrogens (tertiary/aromatic N) is 2. The van der Waals surface area contributed by atoms with E-state index in [1.54, 1.807) is 18.0 Å². The minimum absolute atomic E-state index is 0.221. The van der Waals surface area contributed by atoms with Gasteiger partial charge >= 0.3 is 0 Å². The van der Waals surface area contributed by atoms with Crippen LogP contribution < -0.4 is 5.43 Å². The molecule has 1 amide bonds. The molecule has 0 saturated carbocycles. The van der Waals surface area contributed by atoms with Gasteiger partial charge in [-0.2, -0.15) is 5.10 Å². The van der Waals surface area contributed by atoms with Crippen LogP contribution in [0.1, 0.15) is 38.4 Å². The molecule has 0 aliphatic carbocycles. The van der Waals surface area contributed by atoms with Crippen molar-refractivity contribution in [3.8, 4) is 5.69 Å². The molecular weight excluding hydrogens is 426 g/mol. The Labute approximate surface area is 199 Å². The Hall–Kier alpha value is -3.57. The minimum Gasteiger partial charge on any atom is -0.318 e. The Morgan fingerprint density at radius 1 is 0.939 bits per heavy atom. The van der Waals surface area contributed by atoms with Gasteiger partial charge in [0.1, 0.15) is 0 Å². The molecule has 4 nitrogen and oxygen atoms in total. The van der Waals surface area contributed by atoms with Crippen LogP contribution in [0.4, 0.5) is 0 Å². The van der Waals surface area contributed by atoms with Gasteiger partial charge in [0.25, 0.3) is 5.91 Å². The molecule has 1 heterocycles. The van der Waals surface area contributed by atoms with E-state index in [-0.39, 0.29) is 5.91 Å². The number of carbonyl (C=O) groups excluding carboxylic acids is 1. The average Bonchev–Trinajstić information content (AvgIpc) is 3.12. The number of hydrazone groups is 1. The second kappa shape index (κ2) is 10.4. The highest BCUT2D eigenvalue weighted by Gasteiger charge is 2.10. The highest BCUT2D eigenvalue weighted by Crippen LogP contribution is 2.22. The van der Waals surface area contributed by atoms with E-state index in [1.165, 1.54) is 16.0 Å². The van der Waals surface area contributed by atoms with Gasteiger partial charge in [0, 0.05) is 38.9 Å². The molecule has 4 aromatic rings. The van der Waals surface area contributed by atoms with Gasteiger partial charge in [0.05, 0.1) is 6.21 Å². The fourth-order valence-electron chi connectivity index (χ4n) is 3.67. The number of aryl methyl sites for hydroxylation is 2. The number of carbonyl (C=O) groups is 1. The van der Waals surface area contributed by atoms with Crippen LogP contribution in [-0.4, -0.2) is 16.7 Å². The summed E-state index contributed by atoms with van der Waals surface area (Å²) in [7, 11) is 0. The van der Waals surface area contributed by atoms with Crippen molar-refractivity contribution in [3.05, 3.63) is 119 Å². The van der Waals surface area contributed by atoms with Crippen molar-refractivity contribution < 1.29 is 4.79 Å². The number of amides is 1. The van der Waals surface area contributed by atoms with Crippen molar-refractivity contribution >= 4 is 23.9 Å². The quantitative estimate of drug-likeness (QED) is 0.198. The summed E-state index contributed by atoms with van der Waals surface area (Å²) < 4.78 is 2.19. The number of nitrogens with one attached hydrogen (secondary N) is 1. The lowest BCUT2D eigenvalue weighted by Gasteiger charge is -2.09. The van der Waals surface area contributed by atoms with E-state index in [0.717, 1.165) is 28.4 Å². The zero-order valence-electron chi connectivity index (χ0n) is 19.1. The van der Waals surface area contributed by atoms with Crippen LogP contribution in [-0.2, 0) is 5.75 Å². The topological polar surface area (TPSA) is 46.4 Å². The molecule has 0 atom stereocenters. The third-order valence-corrected chi connectivity index (χ3v) is 6.58. The van der Waals surface area contributed by atoms with Gasteiger partial charge in [-0.05, 0) is 68.8 Å². The monoisotopic (exact) mass is 453 g/mol. The maximum atomic E-state index is 12.5. The van der Waals surface area contributed by atoms with E-state index in [2.05, 4.69) is 78.3 Å². The summed E-state index contributed by atoms with van der Waals surface area (Å²) in [5, 5.41) is 4.20. The van der Waals surface area contributed by atoms with Crippen LogP contribution >= 0.6 is 11.8 Å². The Morgan fingerprint density at radius 2 is 1.64 bits per heavy atom. The largest absolute Gasteiger partial charge is 0.318 e. The molecule has 0 spiro atoms. The number of hydrogen-bond acceptors (Lipinski definition) is 3. The van der Waals surface area contributed by atoms with Crippen molar-refractivity contribution in [2.45, 2.75) is 31.4 Å². The Balaban J connectivity index is 1.37. The van der Waals surface area contributed by atoms with Gasteiger partial charge in [-0.3, -0.25) is 4.79 Å². The molecule has 0 aliphatic rings. The van der Waals surface area contributed by atoms with Crippen LogP contribution in [0.5, 0.6) is 0 Å². The molecule has 33 heavy (non-hydrogen) atoms. The molecule has 0 aliphatic heterocycles. The van der Waals surface area contributed by atoms with Crippen LogP contribution in [0.25, 0.3) is 5.69 Å². The van der Waals surface area contributed by atoms with Crippen molar-refractivity contribution in [1.29, 1.82) is 0 Å². The molecule has 0 fully saturated rings. The third-order valence-electron chi connectivity index (χ3n) is 5.50. The predicted octanol–water partition coefficient (Wildman–Crippen LogP) is 6.46.